The van der Waals surface area contributed by atoms with Crippen molar-refractivity contribution in [2.75, 3.05) is 5.75 Å². The topological polar surface area (TPSA) is 69.2 Å². The van der Waals surface area contributed by atoms with Gasteiger partial charge in [0.25, 0.3) is 0 Å². The van der Waals surface area contributed by atoms with E-state index in [0.29, 0.717) is 9.86 Å². The minimum absolute atomic E-state index is 0.0107. The third-order valence-corrected chi connectivity index (χ3v) is 5.75. The van der Waals surface area contributed by atoms with E-state index in [0.717, 1.165) is 30.5 Å². The zero-order valence-electron chi connectivity index (χ0n) is 10.8. The summed E-state index contributed by atoms with van der Waals surface area (Å²) >= 11 is 1.26. The average molecular weight is 310 g/mol. The van der Waals surface area contributed by atoms with Crippen LogP contribution in [-0.4, -0.2) is 32.0 Å². The molecule has 0 N–H and O–H groups in total. The number of aromatic nitrogens is 2. The van der Waals surface area contributed by atoms with Gasteiger partial charge in [-0.1, -0.05) is 11.3 Å². The predicted octanol–water partition coefficient (Wildman–Crippen LogP) is 2.28. The Balaban J connectivity index is 1.64. The van der Waals surface area contributed by atoms with Gasteiger partial charge in [-0.25, -0.2) is 9.97 Å². The molecule has 3 rings (SSSR count). The highest BCUT2D eigenvalue weighted by molar-refractivity contribution is 7.88. The normalized spacial score (nSPS) is 17.4. The molecule has 0 aromatic carbocycles. The minimum Gasteiger partial charge on any atom is -0.462 e. The Kier molecular flexibility index (Phi) is 4.07. The molecule has 106 valence electrons. The first-order valence-electron chi connectivity index (χ1n) is 6.52. The van der Waals surface area contributed by atoms with E-state index in [2.05, 4.69) is 9.97 Å². The van der Waals surface area contributed by atoms with Crippen molar-refractivity contribution in [3.05, 3.63) is 18.3 Å². The van der Waals surface area contributed by atoms with Gasteiger partial charge in [-0.05, 0) is 37.8 Å². The third kappa shape index (κ3) is 3.04. The molecule has 0 bridgehead atoms. The molecule has 2 aromatic rings. The second-order valence-electron chi connectivity index (χ2n) is 4.69. The van der Waals surface area contributed by atoms with Gasteiger partial charge in [0.15, 0.2) is 4.34 Å². The molecule has 2 aromatic heterocycles. The van der Waals surface area contributed by atoms with Crippen LogP contribution in [0, 0.1) is 0 Å². The van der Waals surface area contributed by atoms with Crippen LogP contribution >= 0.6 is 11.3 Å². The van der Waals surface area contributed by atoms with Gasteiger partial charge in [0.2, 0.25) is 0 Å². The van der Waals surface area contributed by atoms with Gasteiger partial charge >= 0.3 is 5.97 Å². The van der Waals surface area contributed by atoms with Crippen molar-refractivity contribution in [1.29, 1.82) is 0 Å². The van der Waals surface area contributed by atoms with Gasteiger partial charge in [-0.2, -0.15) is 0 Å². The van der Waals surface area contributed by atoms with Crippen LogP contribution in [0.3, 0.4) is 0 Å². The first-order valence-corrected chi connectivity index (χ1v) is 8.65. The smallest absolute Gasteiger partial charge is 0.319 e. The zero-order valence-corrected chi connectivity index (χ0v) is 12.4. The highest BCUT2D eigenvalue weighted by atomic mass is 32.2. The van der Waals surface area contributed by atoms with Crippen LogP contribution in [0.2, 0.25) is 0 Å². The fraction of sp³-hybridized carbons (Fsp3) is 0.462. The fourth-order valence-electron chi connectivity index (χ4n) is 2.24. The molecule has 0 amide bonds. The molecule has 1 fully saturated rings. The molecule has 0 aliphatic heterocycles. The summed E-state index contributed by atoms with van der Waals surface area (Å²) in [4.78, 5) is 20.9. The van der Waals surface area contributed by atoms with Crippen molar-refractivity contribution in [2.24, 2.45) is 0 Å². The molecular formula is C13H14N2O3S2. The largest absolute Gasteiger partial charge is 0.462 e. The maximum absolute atomic E-state index is 12.1. The van der Waals surface area contributed by atoms with E-state index < -0.39 is 16.8 Å². The number of thiazole rings is 1. The van der Waals surface area contributed by atoms with Gasteiger partial charge in [0, 0.05) is 6.20 Å². The van der Waals surface area contributed by atoms with Crippen LogP contribution in [0.25, 0.3) is 10.3 Å². The average Bonchev–Trinajstić information content (AvgIpc) is 3.06. The number of hydrogen-bond acceptors (Lipinski definition) is 6. The van der Waals surface area contributed by atoms with Crippen LogP contribution < -0.4 is 0 Å². The quantitative estimate of drug-likeness (QED) is 0.810. The third-order valence-electron chi connectivity index (χ3n) is 3.19. The van der Waals surface area contributed by atoms with Gasteiger partial charge in [0.1, 0.15) is 22.2 Å². The number of pyridine rings is 1. The summed E-state index contributed by atoms with van der Waals surface area (Å²) in [6, 6.07) is 3.60. The standard InChI is InChI=1S/C13H14N2O3S2/c16-11(18-9-4-1-2-5-9)8-20(17)13-15-10-6-3-7-14-12(10)19-13/h3,6-7,9H,1-2,4-5,8H2. The van der Waals surface area contributed by atoms with E-state index in [1.807, 2.05) is 6.07 Å². The Morgan fingerprint density at radius 2 is 2.25 bits per heavy atom. The van der Waals surface area contributed by atoms with Crippen molar-refractivity contribution in [3.63, 3.8) is 0 Å². The maximum Gasteiger partial charge on any atom is 0.319 e. The molecule has 20 heavy (non-hydrogen) atoms. The summed E-state index contributed by atoms with van der Waals surface area (Å²) in [5, 5.41) is 0. The lowest BCUT2D eigenvalue weighted by Gasteiger charge is -2.10. The second kappa shape index (κ2) is 5.97. The highest BCUT2D eigenvalue weighted by Gasteiger charge is 2.22. The summed E-state index contributed by atoms with van der Waals surface area (Å²) in [7, 11) is -1.45. The minimum atomic E-state index is -1.45. The molecule has 1 unspecified atom stereocenters. The first-order chi connectivity index (χ1) is 9.72. The molecule has 5 nitrogen and oxygen atoms in total. The molecule has 1 atom stereocenters. The molecule has 1 aliphatic carbocycles. The molecule has 2 heterocycles. The lowest BCUT2D eigenvalue weighted by Crippen LogP contribution is -2.20. The fourth-order valence-corrected chi connectivity index (χ4v) is 4.27. The van der Waals surface area contributed by atoms with Crippen LogP contribution in [0.5, 0.6) is 0 Å². The van der Waals surface area contributed by atoms with E-state index >= 15 is 0 Å². The Hall–Kier alpha value is -1.34. The lowest BCUT2D eigenvalue weighted by molar-refractivity contribution is -0.145. The van der Waals surface area contributed by atoms with Crippen molar-refractivity contribution < 1.29 is 13.7 Å². The molecule has 0 saturated heterocycles. The van der Waals surface area contributed by atoms with Crippen LogP contribution in [0.15, 0.2) is 22.7 Å². The first kappa shape index (κ1) is 13.6. The van der Waals surface area contributed by atoms with Gasteiger partial charge in [-0.3, -0.25) is 9.00 Å². The summed E-state index contributed by atoms with van der Waals surface area (Å²) in [6.45, 7) is 0. The number of carbonyl (C=O) groups excluding carboxylic acids is 1. The van der Waals surface area contributed by atoms with Gasteiger partial charge < -0.3 is 4.74 Å². The summed E-state index contributed by atoms with van der Waals surface area (Å²) in [5.74, 6) is -0.529. The van der Waals surface area contributed by atoms with E-state index in [1.54, 1.807) is 12.3 Å². The van der Waals surface area contributed by atoms with Crippen molar-refractivity contribution in [1.82, 2.24) is 9.97 Å². The van der Waals surface area contributed by atoms with Crippen molar-refractivity contribution in [2.45, 2.75) is 36.1 Å². The predicted molar refractivity (Wildman–Crippen MR) is 77.0 cm³/mol. The summed E-state index contributed by atoms with van der Waals surface area (Å²) in [6.07, 6.45) is 5.72. The van der Waals surface area contributed by atoms with Crippen LogP contribution in [0.1, 0.15) is 25.7 Å². The Morgan fingerprint density at radius 3 is 3.00 bits per heavy atom. The number of esters is 1. The summed E-state index contributed by atoms with van der Waals surface area (Å²) < 4.78 is 17.9. The summed E-state index contributed by atoms with van der Waals surface area (Å²) in [5.41, 5.74) is 0.713. The number of nitrogens with zero attached hydrogens (tertiary/aromatic N) is 2. The molecule has 1 aliphatic rings. The SMILES string of the molecule is O=C(CS(=O)c1nc2cccnc2s1)OC1CCCC1. The monoisotopic (exact) mass is 310 g/mol. The number of rotatable bonds is 4. The number of carbonyl (C=O) groups is 1. The van der Waals surface area contributed by atoms with E-state index in [9.17, 15) is 9.00 Å². The Bertz CT molecular complexity index is 617. The number of hydrogen-bond donors (Lipinski definition) is 0. The second-order valence-corrected chi connectivity index (χ2v) is 7.30. The molecule has 0 radical (unpaired) electrons. The van der Waals surface area contributed by atoms with Crippen LogP contribution in [-0.2, 0) is 20.3 Å². The maximum atomic E-state index is 12.1. The van der Waals surface area contributed by atoms with Crippen LogP contribution in [0.4, 0.5) is 0 Å². The number of fused-ring (bicyclic) bond motifs is 1. The van der Waals surface area contributed by atoms with Gasteiger partial charge in [0.05, 0.1) is 10.8 Å². The molecule has 1 saturated carbocycles. The van der Waals surface area contributed by atoms with E-state index in [1.165, 1.54) is 11.3 Å². The molecule has 7 heteroatoms. The van der Waals surface area contributed by atoms with Crippen molar-refractivity contribution in [3.8, 4) is 0 Å². The number of ether oxygens (including phenoxy) is 1. The van der Waals surface area contributed by atoms with Gasteiger partial charge in [-0.15, -0.1) is 0 Å². The van der Waals surface area contributed by atoms with E-state index in [-0.39, 0.29) is 11.9 Å². The van der Waals surface area contributed by atoms with E-state index in [4.69, 9.17) is 4.74 Å². The highest BCUT2D eigenvalue weighted by Crippen LogP contribution is 2.23. The Morgan fingerprint density at radius 1 is 1.45 bits per heavy atom. The molecule has 0 spiro atoms. The zero-order chi connectivity index (χ0) is 13.9. The van der Waals surface area contributed by atoms with Crippen molar-refractivity contribution >= 4 is 38.5 Å². The lowest BCUT2D eigenvalue weighted by atomic mass is 10.3. The molecular weight excluding hydrogens is 296 g/mol. The Labute approximate surface area is 122 Å².